The zero-order chi connectivity index (χ0) is 13.6. The van der Waals surface area contributed by atoms with Crippen molar-refractivity contribution in [3.05, 3.63) is 29.6 Å². The molecule has 5 nitrogen and oxygen atoms in total. The van der Waals surface area contributed by atoms with Gasteiger partial charge >= 0.3 is 0 Å². The summed E-state index contributed by atoms with van der Waals surface area (Å²) in [6.07, 6.45) is 2.78. The molecule has 0 saturated carbocycles. The van der Waals surface area contributed by atoms with Crippen LogP contribution < -0.4 is 11.1 Å². The first kappa shape index (κ1) is 14.4. The van der Waals surface area contributed by atoms with Crippen molar-refractivity contribution in [2.45, 2.75) is 33.7 Å². The van der Waals surface area contributed by atoms with Crippen LogP contribution in [0, 0.1) is 5.41 Å². The van der Waals surface area contributed by atoms with Crippen molar-refractivity contribution in [1.82, 2.24) is 10.3 Å². The molecule has 0 aliphatic rings. The second-order valence-corrected chi connectivity index (χ2v) is 5.52. The average Bonchev–Trinajstić information content (AvgIpc) is 2.33. The summed E-state index contributed by atoms with van der Waals surface area (Å²) in [5.41, 5.74) is 7.39. The number of nitrogens with zero attached hydrogens (tertiary/aromatic N) is 2. The van der Waals surface area contributed by atoms with Crippen LogP contribution >= 0.6 is 0 Å². The van der Waals surface area contributed by atoms with Crippen LogP contribution in [0.5, 0.6) is 0 Å². The Bertz CT molecular complexity index is 410. The molecular weight excluding hydrogens is 228 g/mol. The molecule has 0 unspecified atom stereocenters. The smallest absolute Gasteiger partial charge is 0.188 e. The van der Waals surface area contributed by atoms with E-state index in [-0.39, 0.29) is 5.84 Å². The molecule has 1 aromatic rings. The van der Waals surface area contributed by atoms with E-state index in [4.69, 9.17) is 10.9 Å². The third-order valence-electron chi connectivity index (χ3n) is 2.58. The normalized spacial score (nSPS) is 12.7. The highest BCUT2D eigenvalue weighted by Crippen LogP contribution is 2.17. The Morgan fingerprint density at radius 2 is 2.22 bits per heavy atom. The van der Waals surface area contributed by atoms with Crippen molar-refractivity contribution < 1.29 is 5.21 Å². The van der Waals surface area contributed by atoms with Gasteiger partial charge in [-0.1, -0.05) is 25.9 Å². The summed E-state index contributed by atoms with van der Waals surface area (Å²) in [7, 11) is 0. The monoisotopic (exact) mass is 250 g/mol. The van der Waals surface area contributed by atoms with Gasteiger partial charge in [0.2, 0.25) is 0 Å². The highest BCUT2D eigenvalue weighted by molar-refractivity contribution is 5.95. The minimum atomic E-state index is 0.0338. The van der Waals surface area contributed by atoms with E-state index in [1.807, 2.05) is 12.1 Å². The number of rotatable bonds is 5. The molecule has 0 radical (unpaired) electrons. The van der Waals surface area contributed by atoms with Crippen LogP contribution in [0.4, 0.5) is 0 Å². The minimum Gasteiger partial charge on any atom is -0.409 e. The maximum atomic E-state index is 8.59. The van der Waals surface area contributed by atoms with Gasteiger partial charge in [-0.05, 0) is 36.1 Å². The summed E-state index contributed by atoms with van der Waals surface area (Å²) in [4.78, 5) is 4.03. The fourth-order valence-corrected chi connectivity index (χ4v) is 1.47. The van der Waals surface area contributed by atoms with Crippen LogP contribution in [0.15, 0.2) is 23.5 Å². The van der Waals surface area contributed by atoms with Gasteiger partial charge in [0.15, 0.2) is 5.84 Å². The van der Waals surface area contributed by atoms with Crippen LogP contribution in [0.25, 0.3) is 0 Å². The molecular formula is C13H22N4O. The van der Waals surface area contributed by atoms with Gasteiger partial charge in [0.25, 0.3) is 0 Å². The summed E-state index contributed by atoms with van der Waals surface area (Å²) in [6, 6.07) is 3.73. The quantitative estimate of drug-likeness (QED) is 0.244. The second-order valence-electron chi connectivity index (χ2n) is 5.52. The van der Waals surface area contributed by atoms with E-state index in [2.05, 4.69) is 36.2 Å². The Kier molecular flexibility index (Phi) is 5.09. The Balaban J connectivity index is 2.48. The van der Waals surface area contributed by atoms with Gasteiger partial charge < -0.3 is 16.3 Å². The van der Waals surface area contributed by atoms with E-state index < -0.39 is 0 Å². The molecule has 100 valence electrons. The lowest BCUT2D eigenvalue weighted by atomic mass is 9.92. The number of oxime groups is 1. The first-order chi connectivity index (χ1) is 8.42. The standard InChI is InChI=1S/C13H22N4O/c1-13(2,3)5-7-15-9-10-4-6-16-11(8-10)12(14)17-18/h4,6,8,15,18H,5,7,9H2,1-3H3,(H2,14,17). The molecule has 0 saturated heterocycles. The summed E-state index contributed by atoms with van der Waals surface area (Å²) in [5, 5.41) is 14.9. The van der Waals surface area contributed by atoms with E-state index in [1.165, 1.54) is 0 Å². The number of nitrogens with two attached hydrogens (primary N) is 1. The van der Waals surface area contributed by atoms with Crippen LogP contribution in [0.3, 0.4) is 0 Å². The number of pyridine rings is 1. The Morgan fingerprint density at radius 3 is 2.83 bits per heavy atom. The van der Waals surface area contributed by atoms with Crippen molar-refractivity contribution in [2.75, 3.05) is 6.54 Å². The molecule has 0 aromatic carbocycles. The lowest BCUT2D eigenvalue weighted by Crippen LogP contribution is -2.21. The van der Waals surface area contributed by atoms with Crippen molar-refractivity contribution in [3.8, 4) is 0 Å². The molecule has 0 bridgehead atoms. The van der Waals surface area contributed by atoms with Crippen molar-refractivity contribution >= 4 is 5.84 Å². The fraction of sp³-hybridized carbons (Fsp3) is 0.538. The fourth-order valence-electron chi connectivity index (χ4n) is 1.47. The highest BCUT2D eigenvalue weighted by Gasteiger charge is 2.08. The van der Waals surface area contributed by atoms with Crippen molar-refractivity contribution in [1.29, 1.82) is 0 Å². The molecule has 1 rings (SSSR count). The van der Waals surface area contributed by atoms with Gasteiger partial charge in [-0.15, -0.1) is 0 Å². The predicted molar refractivity (Wildman–Crippen MR) is 72.5 cm³/mol. The van der Waals surface area contributed by atoms with Crippen molar-refractivity contribution in [2.24, 2.45) is 16.3 Å². The second kappa shape index (κ2) is 6.35. The van der Waals surface area contributed by atoms with E-state index in [1.54, 1.807) is 6.20 Å². The molecule has 0 aliphatic carbocycles. The molecule has 1 heterocycles. The molecule has 0 spiro atoms. The van der Waals surface area contributed by atoms with Gasteiger partial charge in [0.05, 0.1) is 0 Å². The summed E-state index contributed by atoms with van der Waals surface area (Å²) in [5.74, 6) is 0.0338. The van der Waals surface area contributed by atoms with Gasteiger partial charge in [-0.3, -0.25) is 4.98 Å². The first-order valence-electron chi connectivity index (χ1n) is 6.06. The third kappa shape index (κ3) is 5.14. The number of amidine groups is 1. The number of hydrogen-bond donors (Lipinski definition) is 3. The SMILES string of the molecule is CC(C)(C)CCNCc1ccnc(/C(N)=N/O)c1. The molecule has 0 aliphatic heterocycles. The molecule has 5 heteroatoms. The van der Waals surface area contributed by atoms with Crippen LogP contribution in [0.2, 0.25) is 0 Å². The third-order valence-corrected chi connectivity index (χ3v) is 2.58. The predicted octanol–water partition coefficient (Wildman–Crippen LogP) is 1.70. The van der Waals surface area contributed by atoms with Crippen LogP contribution in [0.1, 0.15) is 38.4 Å². The molecule has 0 atom stereocenters. The maximum absolute atomic E-state index is 8.59. The molecule has 18 heavy (non-hydrogen) atoms. The van der Waals surface area contributed by atoms with Crippen molar-refractivity contribution in [3.63, 3.8) is 0 Å². The number of aromatic nitrogens is 1. The lowest BCUT2D eigenvalue weighted by molar-refractivity contribution is 0.318. The Hall–Kier alpha value is -1.62. The maximum Gasteiger partial charge on any atom is 0.188 e. The largest absolute Gasteiger partial charge is 0.409 e. The highest BCUT2D eigenvalue weighted by atomic mass is 16.4. The molecule has 0 amide bonds. The minimum absolute atomic E-state index is 0.0338. The topological polar surface area (TPSA) is 83.5 Å². The Labute approximate surface area is 108 Å². The van der Waals surface area contributed by atoms with E-state index in [0.29, 0.717) is 11.1 Å². The van der Waals surface area contributed by atoms with Gasteiger partial charge in [-0.2, -0.15) is 0 Å². The van der Waals surface area contributed by atoms with Crippen LogP contribution in [-0.4, -0.2) is 22.6 Å². The summed E-state index contributed by atoms with van der Waals surface area (Å²) >= 11 is 0. The zero-order valence-electron chi connectivity index (χ0n) is 11.3. The molecule has 4 N–H and O–H groups in total. The summed E-state index contributed by atoms with van der Waals surface area (Å²) < 4.78 is 0. The molecule has 0 fully saturated rings. The van der Waals surface area contributed by atoms with E-state index >= 15 is 0 Å². The van der Waals surface area contributed by atoms with E-state index in [0.717, 1.165) is 25.1 Å². The van der Waals surface area contributed by atoms with Gasteiger partial charge in [-0.25, -0.2) is 0 Å². The van der Waals surface area contributed by atoms with Gasteiger partial charge in [0, 0.05) is 12.7 Å². The lowest BCUT2D eigenvalue weighted by Gasteiger charge is -2.18. The molecule has 1 aromatic heterocycles. The number of hydrogen-bond acceptors (Lipinski definition) is 4. The summed E-state index contributed by atoms with van der Waals surface area (Å²) in [6.45, 7) is 8.38. The van der Waals surface area contributed by atoms with Crippen LogP contribution in [-0.2, 0) is 6.54 Å². The van der Waals surface area contributed by atoms with Gasteiger partial charge in [0.1, 0.15) is 5.69 Å². The average molecular weight is 250 g/mol. The Morgan fingerprint density at radius 1 is 1.50 bits per heavy atom. The first-order valence-corrected chi connectivity index (χ1v) is 6.06. The van der Waals surface area contributed by atoms with E-state index in [9.17, 15) is 0 Å². The zero-order valence-corrected chi connectivity index (χ0v) is 11.3. The number of nitrogens with one attached hydrogen (secondary N) is 1.